The first kappa shape index (κ1) is 13.8. The van der Waals surface area contributed by atoms with E-state index in [0.29, 0.717) is 25.2 Å². The van der Waals surface area contributed by atoms with Gasteiger partial charge in [0.05, 0.1) is 5.92 Å². The van der Waals surface area contributed by atoms with Gasteiger partial charge in [-0.05, 0) is 43.5 Å². The number of hydrogen-bond donors (Lipinski definition) is 2. The van der Waals surface area contributed by atoms with Crippen LogP contribution in [0, 0.1) is 11.7 Å². The summed E-state index contributed by atoms with van der Waals surface area (Å²) >= 11 is 0. The molecule has 19 heavy (non-hydrogen) atoms. The highest BCUT2D eigenvalue weighted by Gasteiger charge is 2.26. The maximum absolute atomic E-state index is 13.1. The zero-order chi connectivity index (χ0) is 13.8. The third-order valence-electron chi connectivity index (χ3n) is 3.25. The van der Waals surface area contributed by atoms with Crippen molar-refractivity contribution in [1.29, 1.82) is 0 Å². The number of aliphatic hydroxyl groups excluding tert-OH is 1. The van der Waals surface area contributed by atoms with E-state index in [1.54, 1.807) is 6.07 Å². The van der Waals surface area contributed by atoms with Crippen LogP contribution in [0.4, 0.5) is 4.39 Å². The predicted molar refractivity (Wildman–Crippen MR) is 68.4 cm³/mol. The van der Waals surface area contributed by atoms with Crippen LogP contribution in [0.15, 0.2) is 18.2 Å². The number of aliphatic hydroxyl groups is 1. The molecule has 0 fully saturated rings. The topological polar surface area (TPSA) is 58.6 Å². The SMILES string of the molecule is CC(CCO)NC(=O)C1COc2ccc(F)cc2C1. The Labute approximate surface area is 111 Å². The lowest BCUT2D eigenvalue weighted by atomic mass is 9.95. The highest BCUT2D eigenvalue weighted by molar-refractivity contribution is 5.79. The average molecular weight is 267 g/mol. The maximum Gasteiger partial charge on any atom is 0.227 e. The number of ether oxygens (including phenoxy) is 1. The van der Waals surface area contributed by atoms with Crippen molar-refractivity contribution >= 4 is 5.91 Å². The number of nitrogens with one attached hydrogen (secondary N) is 1. The first-order valence-corrected chi connectivity index (χ1v) is 6.42. The van der Waals surface area contributed by atoms with Gasteiger partial charge in [-0.3, -0.25) is 4.79 Å². The summed E-state index contributed by atoms with van der Waals surface area (Å²) in [5.41, 5.74) is 0.723. The minimum atomic E-state index is -0.322. The van der Waals surface area contributed by atoms with Gasteiger partial charge in [-0.2, -0.15) is 0 Å². The molecule has 2 rings (SSSR count). The van der Waals surface area contributed by atoms with Crippen LogP contribution in [-0.4, -0.2) is 30.3 Å². The second kappa shape index (κ2) is 6.02. The highest BCUT2D eigenvalue weighted by Crippen LogP contribution is 2.28. The van der Waals surface area contributed by atoms with E-state index in [2.05, 4.69) is 5.32 Å². The molecule has 104 valence electrons. The lowest BCUT2D eigenvalue weighted by Crippen LogP contribution is -2.41. The van der Waals surface area contributed by atoms with Crippen molar-refractivity contribution in [3.8, 4) is 5.75 Å². The molecule has 0 saturated heterocycles. The molecule has 0 saturated carbocycles. The van der Waals surface area contributed by atoms with E-state index in [0.717, 1.165) is 5.56 Å². The van der Waals surface area contributed by atoms with Crippen molar-refractivity contribution in [2.75, 3.05) is 13.2 Å². The third-order valence-corrected chi connectivity index (χ3v) is 3.25. The van der Waals surface area contributed by atoms with E-state index in [9.17, 15) is 9.18 Å². The van der Waals surface area contributed by atoms with Crippen LogP contribution in [0.3, 0.4) is 0 Å². The number of carbonyl (C=O) groups excluding carboxylic acids is 1. The van der Waals surface area contributed by atoms with Crippen LogP contribution in [0.1, 0.15) is 18.9 Å². The normalized spacial score (nSPS) is 19.2. The number of fused-ring (bicyclic) bond motifs is 1. The Morgan fingerprint density at radius 1 is 1.63 bits per heavy atom. The minimum absolute atomic E-state index is 0.0384. The van der Waals surface area contributed by atoms with Crippen LogP contribution in [-0.2, 0) is 11.2 Å². The predicted octanol–water partition coefficient (Wildman–Crippen LogP) is 1.26. The number of benzene rings is 1. The molecule has 0 radical (unpaired) electrons. The van der Waals surface area contributed by atoms with Crippen LogP contribution in [0.25, 0.3) is 0 Å². The van der Waals surface area contributed by atoms with E-state index in [1.165, 1.54) is 12.1 Å². The summed E-state index contributed by atoms with van der Waals surface area (Å²) in [4.78, 5) is 12.0. The summed E-state index contributed by atoms with van der Waals surface area (Å²) in [7, 11) is 0. The van der Waals surface area contributed by atoms with Crippen molar-refractivity contribution in [3.63, 3.8) is 0 Å². The molecule has 1 heterocycles. The minimum Gasteiger partial charge on any atom is -0.492 e. The van der Waals surface area contributed by atoms with E-state index in [-0.39, 0.29) is 30.3 Å². The Balaban J connectivity index is 1.99. The molecule has 1 aromatic carbocycles. The summed E-state index contributed by atoms with van der Waals surface area (Å²) in [5.74, 6) is -0.0998. The Morgan fingerprint density at radius 2 is 2.42 bits per heavy atom. The average Bonchev–Trinajstić information content (AvgIpc) is 2.38. The molecule has 1 aliphatic rings. The molecular formula is C14H18FNO3. The van der Waals surface area contributed by atoms with E-state index < -0.39 is 0 Å². The zero-order valence-electron chi connectivity index (χ0n) is 10.9. The monoisotopic (exact) mass is 267 g/mol. The molecule has 1 aromatic rings. The van der Waals surface area contributed by atoms with Gasteiger partial charge in [-0.15, -0.1) is 0 Å². The molecule has 1 amide bonds. The molecule has 0 spiro atoms. The first-order valence-electron chi connectivity index (χ1n) is 6.42. The fourth-order valence-corrected chi connectivity index (χ4v) is 2.16. The Morgan fingerprint density at radius 3 is 3.16 bits per heavy atom. The first-order chi connectivity index (χ1) is 9.10. The van der Waals surface area contributed by atoms with E-state index in [4.69, 9.17) is 9.84 Å². The quantitative estimate of drug-likeness (QED) is 0.863. The molecule has 5 heteroatoms. The molecular weight excluding hydrogens is 249 g/mol. The number of carbonyl (C=O) groups is 1. The number of halogens is 1. The molecule has 2 unspecified atom stereocenters. The van der Waals surface area contributed by atoms with E-state index in [1.807, 2.05) is 6.92 Å². The van der Waals surface area contributed by atoms with Gasteiger partial charge in [0.25, 0.3) is 0 Å². The molecule has 0 bridgehead atoms. The third kappa shape index (κ3) is 3.44. The largest absolute Gasteiger partial charge is 0.492 e. The second-order valence-electron chi connectivity index (χ2n) is 4.89. The van der Waals surface area contributed by atoms with Crippen molar-refractivity contribution in [1.82, 2.24) is 5.32 Å². The number of amides is 1. The van der Waals surface area contributed by atoms with Gasteiger partial charge in [-0.25, -0.2) is 4.39 Å². The molecule has 2 atom stereocenters. The summed E-state index contributed by atoms with van der Waals surface area (Å²) < 4.78 is 18.6. The molecule has 0 aromatic heterocycles. The van der Waals surface area contributed by atoms with Crippen LogP contribution in [0.2, 0.25) is 0 Å². The van der Waals surface area contributed by atoms with Crippen molar-refractivity contribution < 1.29 is 19.0 Å². The van der Waals surface area contributed by atoms with Gasteiger partial charge in [0.1, 0.15) is 18.2 Å². The molecule has 1 aliphatic heterocycles. The highest BCUT2D eigenvalue weighted by atomic mass is 19.1. The second-order valence-corrected chi connectivity index (χ2v) is 4.89. The standard InChI is InChI=1S/C14H18FNO3/c1-9(4-5-17)16-14(18)11-6-10-7-12(15)2-3-13(10)19-8-11/h2-3,7,9,11,17H,4-6,8H2,1H3,(H,16,18). The van der Waals surface area contributed by atoms with Gasteiger partial charge < -0.3 is 15.2 Å². The lowest BCUT2D eigenvalue weighted by molar-refractivity contribution is -0.127. The molecule has 4 nitrogen and oxygen atoms in total. The zero-order valence-corrected chi connectivity index (χ0v) is 10.9. The van der Waals surface area contributed by atoms with Crippen molar-refractivity contribution in [3.05, 3.63) is 29.6 Å². The van der Waals surface area contributed by atoms with Crippen LogP contribution in [0.5, 0.6) is 5.75 Å². The van der Waals surface area contributed by atoms with Gasteiger partial charge in [0.2, 0.25) is 5.91 Å². The van der Waals surface area contributed by atoms with Gasteiger partial charge in [-0.1, -0.05) is 0 Å². The molecule has 2 N–H and O–H groups in total. The number of hydrogen-bond acceptors (Lipinski definition) is 3. The number of rotatable bonds is 4. The van der Waals surface area contributed by atoms with Crippen LogP contribution < -0.4 is 10.1 Å². The Hall–Kier alpha value is -1.62. The molecule has 0 aliphatic carbocycles. The summed E-state index contributed by atoms with van der Waals surface area (Å²) in [6.07, 6.45) is 0.995. The Bertz CT molecular complexity index is 464. The lowest BCUT2D eigenvalue weighted by Gasteiger charge is -2.25. The van der Waals surface area contributed by atoms with Crippen LogP contribution >= 0.6 is 0 Å². The van der Waals surface area contributed by atoms with E-state index >= 15 is 0 Å². The Kier molecular flexibility index (Phi) is 4.37. The fraction of sp³-hybridized carbons (Fsp3) is 0.500. The summed E-state index contributed by atoms with van der Waals surface area (Å²) in [6, 6.07) is 4.27. The maximum atomic E-state index is 13.1. The van der Waals surface area contributed by atoms with Gasteiger partial charge in [0, 0.05) is 12.6 Å². The summed E-state index contributed by atoms with van der Waals surface area (Å²) in [5, 5.41) is 11.6. The van der Waals surface area contributed by atoms with Crippen molar-refractivity contribution in [2.24, 2.45) is 5.92 Å². The van der Waals surface area contributed by atoms with Crippen molar-refractivity contribution in [2.45, 2.75) is 25.8 Å². The smallest absolute Gasteiger partial charge is 0.227 e. The van der Waals surface area contributed by atoms with Gasteiger partial charge >= 0.3 is 0 Å². The summed E-state index contributed by atoms with van der Waals surface area (Å²) in [6.45, 7) is 2.18. The van der Waals surface area contributed by atoms with Gasteiger partial charge in [0.15, 0.2) is 0 Å². The fourth-order valence-electron chi connectivity index (χ4n) is 2.16.